The molecule has 3 rings (SSSR count). The number of nitrogens with one attached hydrogen (secondary N) is 3. The van der Waals surface area contributed by atoms with Crippen LogP contribution in [0.4, 0.5) is 18.9 Å². The molecule has 172 valence electrons. The van der Waals surface area contributed by atoms with Crippen molar-refractivity contribution in [2.24, 2.45) is 0 Å². The van der Waals surface area contributed by atoms with Crippen LogP contribution in [-0.4, -0.2) is 25.5 Å². The number of carbonyl (C=O) groups excluding carboxylic acids is 2. The summed E-state index contributed by atoms with van der Waals surface area (Å²) >= 11 is 0. The second kappa shape index (κ2) is 10.4. The Kier molecular flexibility index (Phi) is 7.39. The van der Waals surface area contributed by atoms with E-state index < -0.39 is 23.6 Å². The number of benzene rings is 3. The van der Waals surface area contributed by atoms with Gasteiger partial charge in [-0.2, -0.15) is 13.2 Å². The highest BCUT2D eigenvalue weighted by Gasteiger charge is 2.30. The quantitative estimate of drug-likeness (QED) is 0.457. The van der Waals surface area contributed by atoms with Crippen LogP contribution in [0.15, 0.2) is 72.8 Å². The summed E-state index contributed by atoms with van der Waals surface area (Å²) in [7, 11) is 1.55. The van der Waals surface area contributed by atoms with Gasteiger partial charge in [0, 0.05) is 11.3 Å². The van der Waals surface area contributed by atoms with Gasteiger partial charge in [-0.15, -0.1) is 0 Å². The van der Waals surface area contributed by atoms with Gasteiger partial charge < -0.3 is 14.8 Å². The summed E-state index contributed by atoms with van der Waals surface area (Å²) < 4.78 is 49.1. The Morgan fingerprint density at radius 3 is 2.18 bits per heavy atom. The first-order chi connectivity index (χ1) is 15.7. The molecule has 0 fully saturated rings. The lowest BCUT2D eigenvalue weighted by Gasteiger charge is -2.12. The summed E-state index contributed by atoms with van der Waals surface area (Å²) in [6.07, 6.45) is -4.50. The normalized spacial score (nSPS) is 10.8. The average Bonchev–Trinajstić information content (AvgIpc) is 2.81. The van der Waals surface area contributed by atoms with Crippen LogP contribution in [0.5, 0.6) is 17.2 Å². The van der Waals surface area contributed by atoms with E-state index in [1.807, 2.05) is 0 Å². The number of ether oxygens (including phenoxy) is 2. The van der Waals surface area contributed by atoms with E-state index in [1.165, 1.54) is 36.4 Å². The summed E-state index contributed by atoms with van der Waals surface area (Å²) in [4.78, 5) is 24.3. The van der Waals surface area contributed by atoms with Gasteiger partial charge in [-0.25, -0.2) is 0 Å². The molecule has 0 saturated carbocycles. The highest BCUT2D eigenvalue weighted by Crippen LogP contribution is 2.32. The van der Waals surface area contributed by atoms with E-state index in [0.29, 0.717) is 11.4 Å². The maximum atomic E-state index is 12.9. The lowest BCUT2D eigenvalue weighted by molar-refractivity contribution is -0.137. The number of methoxy groups -OCH3 is 1. The first kappa shape index (κ1) is 23.5. The zero-order chi connectivity index (χ0) is 23.8. The predicted molar refractivity (Wildman–Crippen MR) is 115 cm³/mol. The molecular formula is C23H20F3N3O4. The predicted octanol–water partition coefficient (Wildman–Crippen LogP) is 4.38. The standard InChI is InChI=1S/C23H20F3N3O4/c1-32-18-10-8-17(9-11-18)27-14-21(30)28-29-22(31)15-4-2-6-19(12-15)33-20-7-3-5-16(13-20)23(24,25)26/h2-13,27H,14H2,1H3,(H,28,30)(H,29,31). The van der Waals surface area contributed by atoms with Gasteiger partial charge in [0.2, 0.25) is 0 Å². The molecule has 7 nitrogen and oxygen atoms in total. The Morgan fingerprint density at radius 2 is 1.52 bits per heavy atom. The number of rotatable bonds is 7. The molecular weight excluding hydrogens is 439 g/mol. The van der Waals surface area contributed by atoms with E-state index in [2.05, 4.69) is 16.2 Å². The third-order valence-corrected chi connectivity index (χ3v) is 4.35. The minimum atomic E-state index is -4.50. The van der Waals surface area contributed by atoms with E-state index in [0.717, 1.165) is 12.1 Å². The minimum absolute atomic E-state index is 0.0275. The first-order valence-electron chi connectivity index (χ1n) is 9.67. The number of anilines is 1. The summed E-state index contributed by atoms with van der Waals surface area (Å²) in [6.45, 7) is -0.0920. The summed E-state index contributed by atoms with van der Waals surface area (Å²) in [6, 6.07) is 17.1. The largest absolute Gasteiger partial charge is 0.497 e. The highest BCUT2D eigenvalue weighted by molar-refractivity contribution is 5.96. The SMILES string of the molecule is COc1ccc(NCC(=O)NNC(=O)c2cccc(Oc3cccc(C(F)(F)F)c3)c2)cc1. The van der Waals surface area contributed by atoms with Crippen molar-refractivity contribution in [3.63, 3.8) is 0 Å². The molecule has 0 saturated heterocycles. The second-order valence-corrected chi connectivity index (χ2v) is 6.74. The molecule has 0 spiro atoms. The topological polar surface area (TPSA) is 88.7 Å². The molecule has 0 unspecified atom stereocenters. The molecule has 0 heterocycles. The fourth-order valence-corrected chi connectivity index (χ4v) is 2.71. The van der Waals surface area contributed by atoms with E-state index in [4.69, 9.17) is 9.47 Å². The zero-order valence-corrected chi connectivity index (χ0v) is 17.4. The maximum Gasteiger partial charge on any atom is 0.416 e. The van der Waals surface area contributed by atoms with E-state index in [1.54, 1.807) is 31.4 Å². The smallest absolute Gasteiger partial charge is 0.416 e. The number of amides is 2. The monoisotopic (exact) mass is 459 g/mol. The van der Waals surface area contributed by atoms with Crippen molar-refractivity contribution in [3.05, 3.63) is 83.9 Å². The van der Waals surface area contributed by atoms with Crippen LogP contribution in [-0.2, 0) is 11.0 Å². The number of hydrogen-bond donors (Lipinski definition) is 3. The number of halogens is 3. The van der Waals surface area contributed by atoms with E-state index in [9.17, 15) is 22.8 Å². The van der Waals surface area contributed by atoms with Crippen LogP contribution in [0.1, 0.15) is 15.9 Å². The molecule has 0 aliphatic heterocycles. The Hall–Kier alpha value is -4.21. The molecule has 2 amide bonds. The van der Waals surface area contributed by atoms with Crippen LogP contribution >= 0.6 is 0 Å². The first-order valence-corrected chi connectivity index (χ1v) is 9.67. The average molecular weight is 459 g/mol. The maximum absolute atomic E-state index is 12.9. The van der Waals surface area contributed by atoms with Gasteiger partial charge in [0.25, 0.3) is 11.8 Å². The summed E-state index contributed by atoms with van der Waals surface area (Å²) in [5.41, 5.74) is 4.53. The number of hydrazine groups is 1. The number of hydrogen-bond acceptors (Lipinski definition) is 5. The number of alkyl halides is 3. The zero-order valence-electron chi connectivity index (χ0n) is 17.4. The third kappa shape index (κ3) is 6.89. The molecule has 0 aromatic heterocycles. The van der Waals surface area contributed by atoms with Gasteiger partial charge in [0.05, 0.1) is 19.2 Å². The lowest BCUT2D eigenvalue weighted by Crippen LogP contribution is -2.44. The highest BCUT2D eigenvalue weighted by atomic mass is 19.4. The molecule has 0 radical (unpaired) electrons. The molecule has 0 bridgehead atoms. The van der Waals surface area contributed by atoms with Crippen LogP contribution in [0.25, 0.3) is 0 Å². The summed E-state index contributed by atoms with van der Waals surface area (Å²) in [5.74, 6) is -0.302. The summed E-state index contributed by atoms with van der Waals surface area (Å²) in [5, 5.41) is 2.89. The fourth-order valence-electron chi connectivity index (χ4n) is 2.71. The van der Waals surface area contributed by atoms with Crippen molar-refractivity contribution in [1.82, 2.24) is 10.9 Å². The molecule has 3 N–H and O–H groups in total. The van der Waals surface area contributed by atoms with Gasteiger partial charge in [-0.3, -0.25) is 20.4 Å². The molecule has 0 aliphatic rings. The molecule has 3 aromatic carbocycles. The molecule has 0 aliphatic carbocycles. The van der Waals surface area contributed by atoms with Gasteiger partial charge in [0.15, 0.2) is 0 Å². The van der Waals surface area contributed by atoms with E-state index in [-0.39, 0.29) is 23.6 Å². The van der Waals surface area contributed by atoms with Gasteiger partial charge in [-0.1, -0.05) is 12.1 Å². The molecule has 3 aromatic rings. The Bertz CT molecular complexity index is 1120. The van der Waals surface area contributed by atoms with Crippen LogP contribution < -0.4 is 25.6 Å². The van der Waals surface area contributed by atoms with Crippen molar-refractivity contribution < 1.29 is 32.2 Å². The van der Waals surface area contributed by atoms with Crippen molar-refractivity contribution in [2.45, 2.75) is 6.18 Å². The fraction of sp³-hybridized carbons (Fsp3) is 0.130. The van der Waals surface area contributed by atoms with Gasteiger partial charge in [0.1, 0.15) is 17.2 Å². The van der Waals surface area contributed by atoms with Crippen molar-refractivity contribution in [1.29, 1.82) is 0 Å². The Labute approximate surface area is 187 Å². The Morgan fingerprint density at radius 1 is 0.848 bits per heavy atom. The van der Waals surface area contributed by atoms with Crippen molar-refractivity contribution >= 4 is 17.5 Å². The molecule has 0 atom stereocenters. The Balaban J connectivity index is 1.53. The van der Waals surface area contributed by atoms with Crippen LogP contribution in [0, 0.1) is 0 Å². The van der Waals surface area contributed by atoms with Crippen molar-refractivity contribution in [2.75, 3.05) is 19.0 Å². The van der Waals surface area contributed by atoms with Crippen LogP contribution in [0.2, 0.25) is 0 Å². The second-order valence-electron chi connectivity index (χ2n) is 6.74. The third-order valence-electron chi connectivity index (χ3n) is 4.35. The molecule has 10 heteroatoms. The van der Waals surface area contributed by atoms with Crippen molar-refractivity contribution in [3.8, 4) is 17.2 Å². The molecule has 33 heavy (non-hydrogen) atoms. The minimum Gasteiger partial charge on any atom is -0.497 e. The van der Waals surface area contributed by atoms with Gasteiger partial charge >= 0.3 is 6.18 Å². The number of carbonyl (C=O) groups is 2. The van der Waals surface area contributed by atoms with Crippen LogP contribution in [0.3, 0.4) is 0 Å². The lowest BCUT2D eigenvalue weighted by atomic mass is 10.2. The van der Waals surface area contributed by atoms with Gasteiger partial charge in [-0.05, 0) is 60.7 Å². The van der Waals surface area contributed by atoms with E-state index >= 15 is 0 Å².